The van der Waals surface area contributed by atoms with Gasteiger partial charge in [-0.25, -0.2) is 0 Å². The lowest BCUT2D eigenvalue weighted by molar-refractivity contribution is -0.120. The molecule has 0 aliphatic carbocycles. The zero-order chi connectivity index (χ0) is 16.8. The molecule has 0 unspecified atom stereocenters. The van der Waals surface area contributed by atoms with Gasteiger partial charge in [-0.2, -0.15) is 0 Å². The Hall–Kier alpha value is -2.91. The molecule has 0 heterocycles. The van der Waals surface area contributed by atoms with Gasteiger partial charge in [0.2, 0.25) is 5.91 Å². The first kappa shape index (κ1) is 16.0. The fourth-order valence-electron chi connectivity index (χ4n) is 3.04. The minimum absolute atomic E-state index is 0.0613. The van der Waals surface area contributed by atoms with Crippen LogP contribution in [0.3, 0.4) is 0 Å². The molecule has 0 fully saturated rings. The topological polar surface area (TPSA) is 55.1 Å². The lowest BCUT2D eigenvalue weighted by atomic mass is 9.77. The van der Waals surface area contributed by atoms with Gasteiger partial charge in [-0.15, -0.1) is 0 Å². The van der Waals surface area contributed by atoms with Crippen LogP contribution in [0.4, 0.5) is 0 Å². The van der Waals surface area contributed by atoms with E-state index >= 15 is 0 Å². The maximum atomic E-state index is 12.3. The summed E-state index contributed by atoms with van der Waals surface area (Å²) in [7, 11) is 0. The van der Waals surface area contributed by atoms with Crippen molar-refractivity contribution in [1.29, 1.82) is 0 Å². The fourth-order valence-corrected chi connectivity index (χ4v) is 3.04. The number of nitrogens with two attached hydrogens (primary N) is 1. The Kier molecular flexibility index (Phi) is 4.73. The number of carbonyl (C=O) groups is 1. The monoisotopic (exact) mass is 316 g/mol. The van der Waals surface area contributed by atoms with Gasteiger partial charge in [-0.1, -0.05) is 91.0 Å². The second kappa shape index (κ2) is 7.11. The number of hydrogen-bond acceptors (Lipinski definition) is 2. The largest absolute Gasteiger partial charge is 0.337 e. The molecule has 0 saturated carbocycles. The van der Waals surface area contributed by atoms with Crippen molar-refractivity contribution < 1.29 is 4.79 Å². The highest BCUT2D eigenvalue weighted by molar-refractivity contribution is 5.80. The quantitative estimate of drug-likeness (QED) is 0.711. The van der Waals surface area contributed by atoms with Gasteiger partial charge < -0.3 is 11.1 Å². The first-order valence-electron chi connectivity index (χ1n) is 7.95. The van der Waals surface area contributed by atoms with E-state index in [4.69, 9.17) is 5.73 Å². The molecule has 3 rings (SSSR count). The Labute approximate surface area is 142 Å². The predicted molar refractivity (Wildman–Crippen MR) is 96.4 cm³/mol. The molecule has 3 N–H and O–H groups in total. The zero-order valence-electron chi connectivity index (χ0n) is 13.4. The van der Waals surface area contributed by atoms with E-state index in [0.717, 1.165) is 16.7 Å². The molecule has 1 amide bonds. The van der Waals surface area contributed by atoms with E-state index in [0.29, 0.717) is 0 Å². The zero-order valence-corrected chi connectivity index (χ0v) is 13.4. The van der Waals surface area contributed by atoms with Gasteiger partial charge in [0.25, 0.3) is 0 Å². The minimum Gasteiger partial charge on any atom is -0.337 e. The van der Waals surface area contributed by atoms with Crippen LogP contribution in [0, 0.1) is 0 Å². The molecule has 24 heavy (non-hydrogen) atoms. The summed E-state index contributed by atoms with van der Waals surface area (Å²) in [6.07, 6.45) is 0. The SMILES string of the molecule is NCC(=O)NC(c1ccccc1)(c1ccccc1)c1ccccc1. The molecule has 0 aliphatic rings. The summed E-state index contributed by atoms with van der Waals surface area (Å²) in [4.78, 5) is 12.3. The lowest BCUT2D eigenvalue weighted by Gasteiger charge is -2.36. The van der Waals surface area contributed by atoms with E-state index in [2.05, 4.69) is 5.32 Å². The van der Waals surface area contributed by atoms with Gasteiger partial charge in [0.05, 0.1) is 6.54 Å². The summed E-state index contributed by atoms with van der Waals surface area (Å²) in [5, 5.41) is 3.17. The van der Waals surface area contributed by atoms with Crippen LogP contribution in [-0.2, 0) is 10.3 Å². The highest BCUT2D eigenvalue weighted by Gasteiger charge is 2.37. The molecule has 3 heteroatoms. The maximum Gasteiger partial charge on any atom is 0.234 e. The normalized spacial score (nSPS) is 11.0. The van der Waals surface area contributed by atoms with Gasteiger partial charge in [0.1, 0.15) is 5.54 Å². The molecular weight excluding hydrogens is 296 g/mol. The first-order chi connectivity index (χ1) is 11.8. The van der Waals surface area contributed by atoms with Crippen molar-refractivity contribution >= 4 is 5.91 Å². The minimum atomic E-state index is -0.778. The molecule has 0 atom stereocenters. The Balaban J connectivity index is 2.30. The van der Waals surface area contributed by atoms with Crippen LogP contribution in [0.2, 0.25) is 0 Å². The summed E-state index contributed by atoms with van der Waals surface area (Å²) in [6.45, 7) is -0.0613. The molecule has 0 aromatic heterocycles. The van der Waals surface area contributed by atoms with Crippen molar-refractivity contribution in [3.63, 3.8) is 0 Å². The van der Waals surface area contributed by atoms with Crippen LogP contribution < -0.4 is 11.1 Å². The Morgan fingerprint density at radius 2 is 1.04 bits per heavy atom. The van der Waals surface area contributed by atoms with Gasteiger partial charge in [-0.3, -0.25) is 4.79 Å². The number of nitrogens with one attached hydrogen (secondary N) is 1. The molecule has 3 aromatic carbocycles. The molecule has 0 aliphatic heterocycles. The number of amides is 1. The van der Waals surface area contributed by atoms with Crippen LogP contribution in [-0.4, -0.2) is 12.5 Å². The molecule has 3 aromatic rings. The number of hydrogen-bond donors (Lipinski definition) is 2. The molecular formula is C21H20N2O. The number of carbonyl (C=O) groups excluding carboxylic acids is 1. The standard InChI is InChI=1S/C21H20N2O/c22-16-20(24)23-21(17-10-4-1-5-11-17,18-12-6-2-7-13-18)19-14-8-3-9-15-19/h1-15H,16,22H2,(H,23,24). The van der Waals surface area contributed by atoms with Crippen molar-refractivity contribution in [3.05, 3.63) is 108 Å². The third-order valence-corrected chi connectivity index (χ3v) is 4.13. The molecule has 0 bridgehead atoms. The third kappa shape index (κ3) is 2.94. The Bertz CT molecular complexity index is 689. The van der Waals surface area contributed by atoms with Gasteiger partial charge >= 0.3 is 0 Å². The highest BCUT2D eigenvalue weighted by Crippen LogP contribution is 2.36. The van der Waals surface area contributed by atoms with E-state index in [1.165, 1.54) is 0 Å². The summed E-state index contributed by atoms with van der Waals surface area (Å²) in [5.41, 5.74) is 7.79. The predicted octanol–water partition coefficient (Wildman–Crippen LogP) is 3.05. The van der Waals surface area contributed by atoms with E-state index < -0.39 is 5.54 Å². The summed E-state index contributed by atoms with van der Waals surface area (Å²) in [5.74, 6) is -0.202. The highest BCUT2D eigenvalue weighted by atomic mass is 16.2. The van der Waals surface area contributed by atoms with Crippen molar-refractivity contribution in [2.24, 2.45) is 5.73 Å². The van der Waals surface area contributed by atoms with Crippen LogP contribution in [0.25, 0.3) is 0 Å². The molecule has 0 saturated heterocycles. The van der Waals surface area contributed by atoms with E-state index in [1.807, 2.05) is 91.0 Å². The Morgan fingerprint density at radius 1 is 0.708 bits per heavy atom. The van der Waals surface area contributed by atoms with Gasteiger partial charge in [-0.05, 0) is 16.7 Å². The maximum absolute atomic E-state index is 12.3. The first-order valence-corrected chi connectivity index (χ1v) is 7.95. The van der Waals surface area contributed by atoms with E-state index in [1.54, 1.807) is 0 Å². The van der Waals surface area contributed by atoms with Crippen molar-refractivity contribution in [3.8, 4) is 0 Å². The van der Waals surface area contributed by atoms with Crippen LogP contribution in [0.15, 0.2) is 91.0 Å². The summed E-state index contributed by atoms with van der Waals surface area (Å²) >= 11 is 0. The lowest BCUT2D eigenvalue weighted by Crippen LogP contribution is -2.49. The van der Waals surface area contributed by atoms with Crippen LogP contribution in [0.1, 0.15) is 16.7 Å². The summed E-state index contributed by atoms with van der Waals surface area (Å²) in [6, 6.07) is 29.9. The third-order valence-electron chi connectivity index (χ3n) is 4.13. The number of benzene rings is 3. The van der Waals surface area contributed by atoms with Crippen LogP contribution in [0.5, 0.6) is 0 Å². The van der Waals surface area contributed by atoms with Crippen molar-refractivity contribution in [2.45, 2.75) is 5.54 Å². The van der Waals surface area contributed by atoms with Crippen LogP contribution >= 0.6 is 0 Å². The van der Waals surface area contributed by atoms with Crippen molar-refractivity contribution in [1.82, 2.24) is 5.32 Å². The van der Waals surface area contributed by atoms with E-state index in [9.17, 15) is 4.79 Å². The molecule has 3 nitrogen and oxygen atoms in total. The average Bonchev–Trinajstić information content (AvgIpc) is 2.68. The molecule has 120 valence electrons. The fraction of sp³-hybridized carbons (Fsp3) is 0.0952. The second-order valence-electron chi connectivity index (χ2n) is 5.60. The Morgan fingerprint density at radius 3 is 1.33 bits per heavy atom. The van der Waals surface area contributed by atoms with Gasteiger partial charge in [0.15, 0.2) is 0 Å². The van der Waals surface area contributed by atoms with E-state index in [-0.39, 0.29) is 12.5 Å². The van der Waals surface area contributed by atoms with Gasteiger partial charge in [0, 0.05) is 0 Å². The molecule has 0 radical (unpaired) electrons. The average molecular weight is 316 g/mol. The summed E-state index contributed by atoms with van der Waals surface area (Å²) < 4.78 is 0. The number of rotatable bonds is 5. The molecule has 0 spiro atoms. The second-order valence-corrected chi connectivity index (χ2v) is 5.60. The van der Waals surface area contributed by atoms with Crippen molar-refractivity contribution in [2.75, 3.05) is 6.54 Å². The smallest absolute Gasteiger partial charge is 0.234 e.